The Morgan fingerprint density at radius 2 is 1.96 bits per heavy atom. The number of morpholine rings is 1. The highest BCUT2D eigenvalue weighted by Crippen LogP contribution is 2.24. The lowest BCUT2D eigenvalue weighted by Crippen LogP contribution is -2.37. The zero-order valence-corrected chi connectivity index (χ0v) is 12.7. The topological polar surface area (TPSA) is 70.1 Å². The fraction of sp³-hybridized carbons (Fsp3) is 0.500. The van der Waals surface area contributed by atoms with E-state index >= 15 is 0 Å². The molecule has 2 heterocycles. The smallest absolute Gasteiger partial charge is 0.308 e. The van der Waals surface area contributed by atoms with Crippen LogP contribution in [-0.2, 0) is 9.53 Å². The fourth-order valence-corrected chi connectivity index (χ4v) is 3.03. The summed E-state index contributed by atoms with van der Waals surface area (Å²) in [4.78, 5) is 26.7. The minimum atomic E-state index is -0.894. The monoisotopic (exact) mass is 322 g/mol. The van der Waals surface area contributed by atoms with Crippen molar-refractivity contribution in [1.82, 2.24) is 4.90 Å². The molecule has 7 heteroatoms. The molecule has 1 atom stereocenters. The van der Waals surface area contributed by atoms with E-state index in [4.69, 9.17) is 9.84 Å². The van der Waals surface area contributed by atoms with Crippen molar-refractivity contribution in [3.8, 4) is 0 Å². The number of likely N-dealkylation sites (tertiary alicyclic amines) is 1. The Kier molecular flexibility index (Phi) is 4.47. The van der Waals surface area contributed by atoms with E-state index in [9.17, 15) is 14.0 Å². The van der Waals surface area contributed by atoms with Gasteiger partial charge < -0.3 is 19.6 Å². The highest BCUT2D eigenvalue weighted by molar-refractivity contribution is 5.95. The van der Waals surface area contributed by atoms with E-state index in [1.807, 2.05) is 4.90 Å². The molecule has 0 aliphatic carbocycles. The highest BCUT2D eigenvalue weighted by atomic mass is 19.1. The molecule has 0 saturated carbocycles. The number of amides is 1. The van der Waals surface area contributed by atoms with Gasteiger partial charge in [0.05, 0.1) is 24.8 Å². The average Bonchev–Trinajstić information content (AvgIpc) is 3.05. The fourth-order valence-electron chi connectivity index (χ4n) is 3.03. The molecular weight excluding hydrogens is 303 g/mol. The molecule has 3 rings (SSSR count). The van der Waals surface area contributed by atoms with Gasteiger partial charge in [-0.25, -0.2) is 4.39 Å². The highest BCUT2D eigenvalue weighted by Gasteiger charge is 2.31. The number of aliphatic carboxylic acids is 1. The normalized spacial score (nSPS) is 21.5. The molecular formula is C16H19FN2O4. The Morgan fingerprint density at radius 3 is 2.57 bits per heavy atom. The maximum absolute atomic E-state index is 14.3. The van der Waals surface area contributed by atoms with Gasteiger partial charge in [-0.2, -0.15) is 0 Å². The molecule has 2 saturated heterocycles. The molecule has 2 aliphatic rings. The second kappa shape index (κ2) is 6.54. The molecule has 124 valence electrons. The van der Waals surface area contributed by atoms with Gasteiger partial charge in [0.2, 0.25) is 0 Å². The van der Waals surface area contributed by atoms with Crippen molar-refractivity contribution in [2.45, 2.75) is 6.42 Å². The standard InChI is InChI=1S/C16H19FN2O4/c17-13-9-11(1-2-14(13)18-5-7-23-8-6-18)15(20)19-4-3-12(10-19)16(21)22/h1-2,9,12H,3-8,10H2,(H,21,22)/t12-/m0/s1. The van der Waals surface area contributed by atoms with Crippen molar-refractivity contribution in [3.63, 3.8) is 0 Å². The molecule has 1 amide bonds. The number of halogens is 1. The number of carboxylic acid groups (broad SMARTS) is 1. The molecule has 1 aromatic rings. The Balaban J connectivity index is 1.72. The maximum atomic E-state index is 14.3. The molecule has 23 heavy (non-hydrogen) atoms. The van der Waals surface area contributed by atoms with E-state index in [1.54, 1.807) is 12.1 Å². The van der Waals surface area contributed by atoms with Crippen LogP contribution in [-0.4, -0.2) is 61.3 Å². The lowest BCUT2D eigenvalue weighted by molar-refractivity contribution is -0.141. The zero-order chi connectivity index (χ0) is 16.4. The largest absolute Gasteiger partial charge is 0.481 e. The third kappa shape index (κ3) is 3.29. The molecule has 1 aromatic carbocycles. The second-order valence-electron chi connectivity index (χ2n) is 5.84. The van der Waals surface area contributed by atoms with Crippen molar-refractivity contribution in [3.05, 3.63) is 29.6 Å². The number of rotatable bonds is 3. The first-order valence-corrected chi connectivity index (χ1v) is 7.70. The first kappa shape index (κ1) is 15.7. The van der Waals surface area contributed by atoms with Gasteiger partial charge >= 0.3 is 5.97 Å². The molecule has 0 unspecified atom stereocenters. The van der Waals surface area contributed by atoms with E-state index in [-0.39, 0.29) is 18.0 Å². The van der Waals surface area contributed by atoms with Gasteiger partial charge in [-0.15, -0.1) is 0 Å². The van der Waals surface area contributed by atoms with E-state index in [1.165, 1.54) is 11.0 Å². The summed E-state index contributed by atoms with van der Waals surface area (Å²) in [6.45, 7) is 2.94. The number of carbonyl (C=O) groups is 2. The van der Waals surface area contributed by atoms with Crippen LogP contribution in [0.2, 0.25) is 0 Å². The summed E-state index contributed by atoms with van der Waals surface area (Å²) in [5.74, 6) is -2.18. The van der Waals surface area contributed by atoms with Gasteiger partial charge in [0.1, 0.15) is 5.82 Å². The van der Waals surface area contributed by atoms with E-state index in [2.05, 4.69) is 0 Å². The Labute approximate surface area is 133 Å². The van der Waals surface area contributed by atoms with Gasteiger partial charge in [0, 0.05) is 31.7 Å². The Hall–Kier alpha value is -2.15. The van der Waals surface area contributed by atoms with E-state index in [0.717, 1.165) is 0 Å². The molecule has 0 spiro atoms. The number of nitrogens with zero attached hydrogens (tertiary/aromatic N) is 2. The molecule has 1 N–H and O–H groups in total. The third-order valence-electron chi connectivity index (χ3n) is 4.37. The van der Waals surface area contributed by atoms with Crippen molar-refractivity contribution < 1.29 is 23.8 Å². The summed E-state index contributed by atoms with van der Waals surface area (Å²) in [6, 6.07) is 4.45. The number of carbonyl (C=O) groups excluding carboxylic acids is 1. The summed E-state index contributed by atoms with van der Waals surface area (Å²) in [7, 11) is 0. The quantitative estimate of drug-likeness (QED) is 0.906. The van der Waals surface area contributed by atoms with Gasteiger partial charge in [-0.1, -0.05) is 0 Å². The summed E-state index contributed by atoms with van der Waals surface area (Å²) in [5.41, 5.74) is 0.722. The third-order valence-corrected chi connectivity index (χ3v) is 4.37. The number of carboxylic acids is 1. The zero-order valence-electron chi connectivity index (χ0n) is 12.7. The summed E-state index contributed by atoms with van der Waals surface area (Å²) in [5, 5.41) is 8.99. The van der Waals surface area contributed by atoms with Crippen LogP contribution in [0.5, 0.6) is 0 Å². The van der Waals surface area contributed by atoms with Crippen molar-refractivity contribution in [2.75, 3.05) is 44.3 Å². The molecule has 0 bridgehead atoms. The van der Waals surface area contributed by atoms with Crippen molar-refractivity contribution >= 4 is 17.6 Å². The number of benzene rings is 1. The lowest BCUT2D eigenvalue weighted by atomic mass is 10.1. The number of ether oxygens (including phenoxy) is 1. The summed E-state index contributed by atoms with van der Waals surface area (Å²) < 4.78 is 19.6. The molecule has 2 aliphatic heterocycles. The molecule has 0 radical (unpaired) electrons. The summed E-state index contributed by atoms with van der Waals surface area (Å²) in [6.07, 6.45) is 0.440. The minimum Gasteiger partial charge on any atom is -0.481 e. The van der Waals surface area contributed by atoms with Crippen LogP contribution in [0, 0.1) is 11.7 Å². The number of hydrogen-bond donors (Lipinski definition) is 1. The van der Waals surface area contributed by atoms with Gasteiger partial charge in [0.25, 0.3) is 5.91 Å². The van der Waals surface area contributed by atoms with Crippen LogP contribution < -0.4 is 4.90 Å². The van der Waals surface area contributed by atoms with E-state index in [0.29, 0.717) is 45.0 Å². The van der Waals surface area contributed by atoms with Gasteiger partial charge in [0.15, 0.2) is 0 Å². The van der Waals surface area contributed by atoms with E-state index < -0.39 is 17.7 Å². The van der Waals surface area contributed by atoms with Gasteiger partial charge in [-0.3, -0.25) is 9.59 Å². The predicted molar refractivity (Wildman–Crippen MR) is 81.1 cm³/mol. The first-order chi connectivity index (χ1) is 11.1. The van der Waals surface area contributed by atoms with Crippen molar-refractivity contribution in [2.24, 2.45) is 5.92 Å². The van der Waals surface area contributed by atoms with Crippen LogP contribution in [0.15, 0.2) is 18.2 Å². The first-order valence-electron chi connectivity index (χ1n) is 7.70. The second-order valence-corrected chi connectivity index (χ2v) is 5.84. The number of anilines is 1. The van der Waals surface area contributed by atoms with Gasteiger partial charge in [-0.05, 0) is 24.6 Å². The summed E-state index contributed by atoms with van der Waals surface area (Å²) >= 11 is 0. The van der Waals surface area contributed by atoms with Crippen LogP contribution >= 0.6 is 0 Å². The van der Waals surface area contributed by atoms with Crippen LogP contribution in [0.3, 0.4) is 0 Å². The SMILES string of the molecule is O=C(O)[C@H]1CCN(C(=O)c2ccc(N3CCOCC3)c(F)c2)C1. The van der Waals surface area contributed by atoms with Crippen LogP contribution in [0.1, 0.15) is 16.8 Å². The Bertz CT molecular complexity index is 616. The molecule has 6 nitrogen and oxygen atoms in total. The van der Waals surface area contributed by atoms with Crippen molar-refractivity contribution in [1.29, 1.82) is 0 Å². The van der Waals surface area contributed by atoms with Crippen LogP contribution in [0.25, 0.3) is 0 Å². The minimum absolute atomic E-state index is 0.182. The predicted octanol–water partition coefficient (Wildman–Crippen LogP) is 1.21. The average molecular weight is 322 g/mol. The number of hydrogen-bond acceptors (Lipinski definition) is 4. The van der Waals surface area contributed by atoms with Crippen LogP contribution in [0.4, 0.5) is 10.1 Å². The lowest BCUT2D eigenvalue weighted by Gasteiger charge is -2.29. The Morgan fingerprint density at radius 1 is 1.22 bits per heavy atom. The molecule has 0 aromatic heterocycles. The molecule has 2 fully saturated rings. The maximum Gasteiger partial charge on any atom is 0.308 e.